The van der Waals surface area contributed by atoms with Gasteiger partial charge in [0.1, 0.15) is 5.75 Å². The van der Waals surface area contributed by atoms with Gasteiger partial charge < -0.3 is 14.8 Å². The molecule has 2 atom stereocenters. The van der Waals surface area contributed by atoms with Crippen molar-refractivity contribution in [3.63, 3.8) is 0 Å². The first-order chi connectivity index (χ1) is 9.22. The highest BCUT2D eigenvalue weighted by atomic mass is 16.5. The minimum Gasteiger partial charge on any atom is -0.493 e. The van der Waals surface area contributed by atoms with Crippen LogP contribution in [0.1, 0.15) is 38.8 Å². The van der Waals surface area contributed by atoms with Gasteiger partial charge in [-0.25, -0.2) is 0 Å². The van der Waals surface area contributed by atoms with Gasteiger partial charge in [0.2, 0.25) is 0 Å². The number of nitrogens with one attached hydrogen (secondary N) is 1. The molecule has 0 saturated carbocycles. The Morgan fingerprint density at radius 1 is 1.37 bits per heavy atom. The molecule has 0 spiro atoms. The van der Waals surface area contributed by atoms with E-state index >= 15 is 0 Å². The Kier molecular flexibility index (Phi) is 5.23. The van der Waals surface area contributed by atoms with Crippen LogP contribution >= 0.6 is 0 Å². The summed E-state index contributed by atoms with van der Waals surface area (Å²) in [6, 6.07) is 9.07. The molecule has 0 fully saturated rings. The maximum absolute atomic E-state index is 5.71. The standard InChI is InChI=1S/C16H25NO2/c1-4-18-11-15(12(2)3)17-14-9-10-19-16-8-6-5-7-13(14)16/h5-8,12,14-15,17H,4,9-11H2,1-3H3. The van der Waals surface area contributed by atoms with E-state index < -0.39 is 0 Å². The quantitative estimate of drug-likeness (QED) is 0.855. The molecule has 0 bridgehead atoms. The molecule has 3 heteroatoms. The van der Waals surface area contributed by atoms with Gasteiger partial charge in [-0.2, -0.15) is 0 Å². The maximum atomic E-state index is 5.71. The minimum atomic E-state index is 0.373. The summed E-state index contributed by atoms with van der Waals surface area (Å²) in [4.78, 5) is 0. The van der Waals surface area contributed by atoms with Crippen molar-refractivity contribution >= 4 is 0 Å². The lowest BCUT2D eigenvalue weighted by atomic mass is 9.97. The van der Waals surface area contributed by atoms with Crippen molar-refractivity contribution in [2.75, 3.05) is 19.8 Å². The molecule has 1 aliphatic rings. The van der Waals surface area contributed by atoms with Crippen LogP contribution in [0.5, 0.6) is 5.75 Å². The van der Waals surface area contributed by atoms with Gasteiger partial charge in [-0.05, 0) is 18.9 Å². The molecule has 1 aliphatic heterocycles. The third-order valence-corrected chi connectivity index (χ3v) is 3.68. The van der Waals surface area contributed by atoms with E-state index in [-0.39, 0.29) is 0 Å². The Balaban J connectivity index is 2.05. The van der Waals surface area contributed by atoms with Crippen molar-refractivity contribution in [3.8, 4) is 5.75 Å². The monoisotopic (exact) mass is 263 g/mol. The molecular formula is C16H25NO2. The average Bonchev–Trinajstić information content (AvgIpc) is 2.43. The summed E-state index contributed by atoms with van der Waals surface area (Å²) in [6.45, 7) is 8.85. The number of fused-ring (bicyclic) bond motifs is 1. The summed E-state index contributed by atoms with van der Waals surface area (Å²) in [5, 5.41) is 3.74. The molecule has 1 aromatic rings. The SMILES string of the molecule is CCOCC(NC1CCOc2ccccc21)C(C)C. The van der Waals surface area contributed by atoms with Crippen molar-refractivity contribution < 1.29 is 9.47 Å². The number of hydrogen-bond acceptors (Lipinski definition) is 3. The second kappa shape index (κ2) is 6.92. The van der Waals surface area contributed by atoms with Crippen LogP contribution in [0.25, 0.3) is 0 Å². The first-order valence-corrected chi connectivity index (χ1v) is 7.28. The molecule has 106 valence electrons. The summed E-state index contributed by atoms with van der Waals surface area (Å²) in [6.07, 6.45) is 1.02. The molecule has 1 aromatic carbocycles. The van der Waals surface area contributed by atoms with Crippen molar-refractivity contribution in [1.82, 2.24) is 5.32 Å². The zero-order chi connectivity index (χ0) is 13.7. The molecule has 2 unspecified atom stereocenters. The molecule has 0 aliphatic carbocycles. The van der Waals surface area contributed by atoms with Crippen LogP contribution in [0.4, 0.5) is 0 Å². The minimum absolute atomic E-state index is 0.373. The van der Waals surface area contributed by atoms with Gasteiger partial charge in [-0.3, -0.25) is 0 Å². The molecule has 0 saturated heterocycles. The smallest absolute Gasteiger partial charge is 0.124 e. The van der Waals surface area contributed by atoms with E-state index in [1.165, 1.54) is 5.56 Å². The van der Waals surface area contributed by atoms with Crippen molar-refractivity contribution in [2.24, 2.45) is 5.92 Å². The van der Waals surface area contributed by atoms with Gasteiger partial charge in [0.05, 0.1) is 13.2 Å². The van der Waals surface area contributed by atoms with E-state index in [2.05, 4.69) is 37.4 Å². The van der Waals surface area contributed by atoms with Gasteiger partial charge in [-0.1, -0.05) is 32.0 Å². The second-order valence-electron chi connectivity index (χ2n) is 5.40. The van der Waals surface area contributed by atoms with E-state index in [0.717, 1.165) is 32.0 Å². The van der Waals surface area contributed by atoms with Crippen molar-refractivity contribution in [3.05, 3.63) is 29.8 Å². The number of hydrogen-bond donors (Lipinski definition) is 1. The zero-order valence-corrected chi connectivity index (χ0v) is 12.2. The first-order valence-electron chi connectivity index (χ1n) is 7.28. The third-order valence-electron chi connectivity index (χ3n) is 3.68. The summed E-state index contributed by atoms with van der Waals surface area (Å²) in [5.41, 5.74) is 1.27. The van der Waals surface area contributed by atoms with Gasteiger partial charge in [-0.15, -0.1) is 0 Å². The van der Waals surface area contributed by atoms with Gasteiger partial charge in [0.25, 0.3) is 0 Å². The fourth-order valence-electron chi connectivity index (χ4n) is 2.45. The van der Waals surface area contributed by atoms with E-state index in [0.29, 0.717) is 18.0 Å². The molecule has 1 heterocycles. The third kappa shape index (κ3) is 3.71. The highest BCUT2D eigenvalue weighted by molar-refractivity contribution is 5.37. The molecule has 3 nitrogen and oxygen atoms in total. The number of benzene rings is 1. The van der Waals surface area contributed by atoms with E-state index in [4.69, 9.17) is 9.47 Å². The number of rotatable bonds is 6. The number of para-hydroxylation sites is 1. The topological polar surface area (TPSA) is 30.5 Å². The van der Waals surface area contributed by atoms with Crippen molar-refractivity contribution in [2.45, 2.75) is 39.3 Å². The lowest BCUT2D eigenvalue weighted by Gasteiger charge is -2.32. The van der Waals surface area contributed by atoms with Crippen LogP contribution in [0.15, 0.2) is 24.3 Å². The second-order valence-corrected chi connectivity index (χ2v) is 5.40. The number of ether oxygens (including phenoxy) is 2. The largest absolute Gasteiger partial charge is 0.493 e. The normalized spacial score (nSPS) is 19.9. The molecule has 1 N–H and O–H groups in total. The highest BCUT2D eigenvalue weighted by Crippen LogP contribution is 2.32. The first kappa shape index (κ1) is 14.4. The molecule has 19 heavy (non-hydrogen) atoms. The molecule has 0 amide bonds. The fourth-order valence-corrected chi connectivity index (χ4v) is 2.45. The van der Waals surface area contributed by atoms with Crippen LogP contribution in [-0.4, -0.2) is 25.9 Å². The Morgan fingerprint density at radius 3 is 2.89 bits per heavy atom. The van der Waals surface area contributed by atoms with Crippen LogP contribution in [0.2, 0.25) is 0 Å². The van der Waals surface area contributed by atoms with Crippen LogP contribution in [0, 0.1) is 5.92 Å². The van der Waals surface area contributed by atoms with Gasteiger partial charge >= 0.3 is 0 Å². The van der Waals surface area contributed by atoms with Crippen molar-refractivity contribution in [1.29, 1.82) is 0 Å². The van der Waals surface area contributed by atoms with E-state index in [1.54, 1.807) is 0 Å². The molecule has 0 radical (unpaired) electrons. The van der Waals surface area contributed by atoms with Crippen LogP contribution in [-0.2, 0) is 4.74 Å². The van der Waals surface area contributed by atoms with Gasteiger partial charge in [0, 0.05) is 30.7 Å². The van der Waals surface area contributed by atoms with E-state index in [9.17, 15) is 0 Å². The van der Waals surface area contributed by atoms with Gasteiger partial charge in [0.15, 0.2) is 0 Å². The maximum Gasteiger partial charge on any atom is 0.124 e. The zero-order valence-electron chi connectivity index (χ0n) is 12.2. The van der Waals surface area contributed by atoms with Crippen LogP contribution < -0.4 is 10.1 Å². The lowest BCUT2D eigenvalue weighted by Crippen LogP contribution is -2.41. The summed E-state index contributed by atoms with van der Waals surface area (Å²) >= 11 is 0. The Morgan fingerprint density at radius 2 is 2.16 bits per heavy atom. The molecule has 2 rings (SSSR count). The fraction of sp³-hybridized carbons (Fsp3) is 0.625. The predicted octanol–water partition coefficient (Wildman–Crippen LogP) is 3.16. The Labute approximate surface area is 116 Å². The highest BCUT2D eigenvalue weighted by Gasteiger charge is 2.24. The summed E-state index contributed by atoms with van der Waals surface area (Å²) < 4.78 is 11.3. The molecular weight excluding hydrogens is 238 g/mol. The van der Waals surface area contributed by atoms with Crippen LogP contribution in [0.3, 0.4) is 0 Å². The summed E-state index contributed by atoms with van der Waals surface area (Å²) in [7, 11) is 0. The van der Waals surface area contributed by atoms with E-state index in [1.807, 2.05) is 13.0 Å². The Bertz CT molecular complexity index is 392. The Hall–Kier alpha value is -1.06. The predicted molar refractivity (Wildman–Crippen MR) is 77.5 cm³/mol. The lowest BCUT2D eigenvalue weighted by molar-refractivity contribution is 0.0991. The summed E-state index contributed by atoms with van der Waals surface area (Å²) in [5.74, 6) is 1.58. The molecule has 0 aromatic heterocycles. The average molecular weight is 263 g/mol.